The molecule has 0 aliphatic carbocycles. The van der Waals surface area contributed by atoms with E-state index >= 15 is 0 Å². The molecule has 0 rings (SSSR count). The molecule has 0 aromatic heterocycles. The molecule has 2 unspecified atom stereocenters. The van der Waals surface area contributed by atoms with E-state index in [4.69, 9.17) is 6.42 Å². The summed E-state index contributed by atoms with van der Waals surface area (Å²) in [6.45, 7) is 6.51. The maximum Gasteiger partial charge on any atom is 0.0686 e. The monoisotopic (exact) mass is 199 g/mol. The van der Waals surface area contributed by atoms with Crippen molar-refractivity contribution in [3.8, 4) is 12.3 Å². The van der Waals surface area contributed by atoms with Crippen LogP contribution in [0.3, 0.4) is 0 Å². The van der Waals surface area contributed by atoms with Crippen molar-refractivity contribution < 1.29 is 0 Å². The van der Waals surface area contributed by atoms with Gasteiger partial charge in [0.05, 0.1) is 6.04 Å². The molecular formula is C11H21NS. The fourth-order valence-electron chi connectivity index (χ4n) is 1.12. The van der Waals surface area contributed by atoms with E-state index in [9.17, 15) is 0 Å². The second-order valence-electron chi connectivity index (χ2n) is 3.18. The Labute approximate surface area is 87.1 Å². The number of nitrogens with one attached hydrogen (secondary N) is 1. The summed E-state index contributed by atoms with van der Waals surface area (Å²) in [5.74, 6) is 5.19. The molecule has 1 nitrogen and oxygen atoms in total. The van der Waals surface area contributed by atoms with Crippen molar-refractivity contribution >= 4 is 11.8 Å². The van der Waals surface area contributed by atoms with Crippen LogP contribution in [0.2, 0.25) is 0 Å². The van der Waals surface area contributed by atoms with Gasteiger partial charge in [-0.2, -0.15) is 11.8 Å². The Kier molecular flexibility index (Phi) is 8.38. The number of hydrogen-bond acceptors (Lipinski definition) is 2. The predicted molar refractivity (Wildman–Crippen MR) is 63.1 cm³/mol. The Morgan fingerprint density at radius 2 is 2.15 bits per heavy atom. The van der Waals surface area contributed by atoms with Gasteiger partial charge in [-0.3, -0.25) is 0 Å². The molecule has 0 amide bonds. The first-order valence-corrected chi connectivity index (χ1v) is 6.19. The third-order valence-corrected chi connectivity index (χ3v) is 2.93. The van der Waals surface area contributed by atoms with Gasteiger partial charge >= 0.3 is 0 Å². The summed E-state index contributed by atoms with van der Waals surface area (Å²) in [5.41, 5.74) is 0. The second-order valence-corrected chi connectivity index (χ2v) is 4.57. The van der Waals surface area contributed by atoms with Gasteiger partial charge < -0.3 is 5.32 Å². The van der Waals surface area contributed by atoms with Gasteiger partial charge in [-0.05, 0) is 31.3 Å². The second kappa shape index (κ2) is 8.47. The molecule has 76 valence electrons. The first kappa shape index (κ1) is 12.9. The summed E-state index contributed by atoms with van der Waals surface area (Å²) in [4.78, 5) is 0. The van der Waals surface area contributed by atoms with E-state index in [-0.39, 0.29) is 6.04 Å². The van der Waals surface area contributed by atoms with Crippen LogP contribution in [0.15, 0.2) is 0 Å². The molecule has 0 aliphatic heterocycles. The van der Waals surface area contributed by atoms with Crippen LogP contribution in [0.1, 0.15) is 33.6 Å². The molecule has 0 aromatic rings. The molecular weight excluding hydrogens is 178 g/mol. The maximum absolute atomic E-state index is 5.37. The Balaban J connectivity index is 3.49. The smallest absolute Gasteiger partial charge is 0.0686 e. The molecule has 2 atom stereocenters. The lowest BCUT2D eigenvalue weighted by atomic mass is 10.2. The highest BCUT2D eigenvalue weighted by molar-refractivity contribution is 7.99. The van der Waals surface area contributed by atoms with Crippen molar-refractivity contribution in [1.29, 1.82) is 0 Å². The quantitative estimate of drug-likeness (QED) is 0.499. The normalized spacial score (nSPS) is 14.9. The van der Waals surface area contributed by atoms with Gasteiger partial charge in [-0.1, -0.05) is 19.8 Å². The standard InChI is InChI=1S/C11H21NS/c1-5-11(6-2)12-10(4)8-9-13-7-3/h1,10-12H,6-9H2,2-4H3. The van der Waals surface area contributed by atoms with Gasteiger partial charge in [0.1, 0.15) is 0 Å². The molecule has 1 N–H and O–H groups in total. The highest BCUT2D eigenvalue weighted by Crippen LogP contribution is 2.04. The summed E-state index contributed by atoms with van der Waals surface area (Å²) in [6, 6.07) is 0.793. The van der Waals surface area contributed by atoms with E-state index in [1.807, 2.05) is 11.8 Å². The minimum Gasteiger partial charge on any atom is -0.301 e. The molecule has 0 aliphatic rings. The molecule has 0 fully saturated rings. The van der Waals surface area contributed by atoms with Crippen molar-refractivity contribution in [2.75, 3.05) is 11.5 Å². The molecule has 0 saturated heterocycles. The molecule has 2 heteroatoms. The van der Waals surface area contributed by atoms with Crippen LogP contribution >= 0.6 is 11.8 Å². The molecule has 13 heavy (non-hydrogen) atoms. The SMILES string of the molecule is C#CC(CC)NC(C)CCSCC. The van der Waals surface area contributed by atoms with Crippen molar-refractivity contribution in [3.05, 3.63) is 0 Å². The predicted octanol–water partition coefficient (Wildman–Crippen LogP) is 2.52. The minimum absolute atomic E-state index is 0.252. The van der Waals surface area contributed by atoms with Crippen molar-refractivity contribution in [2.45, 2.75) is 45.7 Å². The summed E-state index contributed by atoms with van der Waals surface area (Å²) in [5, 5.41) is 3.43. The summed E-state index contributed by atoms with van der Waals surface area (Å²) in [6.07, 6.45) is 7.59. The fraction of sp³-hybridized carbons (Fsp3) is 0.818. The lowest BCUT2D eigenvalue weighted by Gasteiger charge is -2.17. The van der Waals surface area contributed by atoms with Crippen LogP contribution in [0.5, 0.6) is 0 Å². The van der Waals surface area contributed by atoms with Gasteiger partial charge in [-0.15, -0.1) is 6.42 Å². The number of thioether (sulfide) groups is 1. The highest BCUT2D eigenvalue weighted by Gasteiger charge is 2.06. The van der Waals surface area contributed by atoms with Gasteiger partial charge in [0.15, 0.2) is 0 Å². The molecule has 0 radical (unpaired) electrons. The Bertz CT molecular complexity index is 151. The van der Waals surface area contributed by atoms with Gasteiger partial charge in [0.25, 0.3) is 0 Å². The van der Waals surface area contributed by atoms with Crippen molar-refractivity contribution in [3.63, 3.8) is 0 Å². The third kappa shape index (κ3) is 6.98. The van der Waals surface area contributed by atoms with E-state index < -0.39 is 0 Å². The van der Waals surface area contributed by atoms with Crippen LogP contribution < -0.4 is 5.32 Å². The topological polar surface area (TPSA) is 12.0 Å². The average Bonchev–Trinajstić information content (AvgIpc) is 2.14. The number of hydrogen-bond donors (Lipinski definition) is 1. The zero-order chi connectivity index (χ0) is 10.1. The largest absolute Gasteiger partial charge is 0.301 e. The lowest BCUT2D eigenvalue weighted by molar-refractivity contribution is 0.487. The zero-order valence-electron chi connectivity index (χ0n) is 8.97. The van der Waals surface area contributed by atoms with Crippen LogP contribution in [0.25, 0.3) is 0 Å². The van der Waals surface area contributed by atoms with Crippen molar-refractivity contribution in [1.82, 2.24) is 5.32 Å². The van der Waals surface area contributed by atoms with Crippen LogP contribution in [-0.2, 0) is 0 Å². The zero-order valence-corrected chi connectivity index (χ0v) is 9.79. The van der Waals surface area contributed by atoms with Crippen molar-refractivity contribution in [2.24, 2.45) is 0 Å². The maximum atomic E-state index is 5.37. The Morgan fingerprint density at radius 1 is 1.46 bits per heavy atom. The van der Waals surface area contributed by atoms with E-state index in [1.165, 1.54) is 17.9 Å². The number of rotatable bonds is 7. The van der Waals surface area contributed by atoms with Gasteiger partial charge in [0, 0.05) is 6.04 Å². The molecule has 0 spiro atoms. The van der Waals surface area contributed by atoms with Crippen LogP contribution in [0.4, 0.5) is 0 Å². The highest BCUT2D eigenvalue weighted by atomic mass is 32.2. The van der Waals surface area contributed by atoms with Crippen LogP contribution in [-0.4, -0.2) is 23.6 Å². The van der Waals surface area contributed by atoms with Gasteiger partial charge in [0.2, 0.25) is 0 Å². The third-order valence-electron chi connectivity index (χ3n) is 1.99. The fourth-order valence-corrected chi connectivity index (χ4v) is 1.92. The molecule has 0 saturated carbocycles. The van der Waals surface area contributed by atoms with E-state index in [0.717, 1.165) is 6.42 Å². The summed E-state index contributed by atoms with van der Waals surface area (Å²) in [7, 11) is 0. The summed E-state index contributed by atoms with van der Waals surface area (Å²) >= 11 is 1.99. The van der Waals surface area contributed by atoms with E-state index in [1.54, 1.807) is 0 Å². The first-order valence-electron chi connectivity index (χ1n) is 5.04. The number of terminal acetylenes is 1. The van der Waals surface area contributed by atoms with E-state index in [2.05, 4.69) is 32.0 Å². The minimum atomic E-state index is 0.252. The van der Waals surface area contributed by atoms with E-state index in [0.29, 0.717) is 6.04 Å². The molecule has 0 aromatic carbocycles. The molecule has 0 bridgehead atoms. The van der Waals surface area contributed by atoms with Crippen LogP contribution in [0, 0.1) is 12.3 Å². The average molecular weight is 199 g/mol. The van der Waals surface area contributed by atoms with Gasteiger partial charge in [-0.25, -0.2) is 0 Å². The Morgan fingerprint density at radius 3 is 2.62 bits per heavy atom. The lowest BCUT2D eigenvalue weighted by Crippen LogP contribution is -2.35. The molecule has 0 heterocycles. The Hall–Kier alpha value is -0.130. The first-order chi connectivity index (χ1) is 6.24. The summed E-state index contributed by atoms with van der Waals surface area (Å²) < 4.78 is 0.